The molecule has 0 aromatic heterocycles. The van der Waals surface area contributed by atoms with E-state index in [0.717, 1.165) is 19.9 Å². The summed E-state index contributed by atoms with van der Waals surface area (Å²) in [6.45, 7) is 6.18. The van der Waals surface area contributed by atoms with Gasteiger partial charge in [0, 0.05) is 28.1 Å². The molecule has 3 aromatic rings. The van der Waals surface area contributed by atoms with Gasteiger partial charge in [0.1, 0.15) is 0 Å². The molecule has 2 amide bonds. The van der Waals surface area contributed by atoms with Crippen LogP contribution < -0.4 is 10.6 Å². The maximum atomic E-state index is 14.5. The van der Waals surface area contributed by atoms with Crippen molar-refractivity contribution in [2.24, 2.45) is 0 Å². The summed E-state index contributed by atoms with van der Waals surface area (Å²) in [5.74, 6) is -1.54. The Balaban J connectivity index is 0.00000301. The van der Waals surface area contributed by atoms with Gasteiger partial charge in [-0.1, -0.05) is 26.0 Å². The molecule has 0 aliphatic rings. The van der Waals surface area contributed by atoms with E-state index in [-0.39, 0.29) is 39.2 Å². The van der Waals surface area contributed by atoms with Gasteiger partial charge in [-0.3, -0.25) is 9.59 Å². The Morgan fingerprint density at radius 2 is 1.14 bits per heavy atom. The molecule has 0 saturated carbocycles. The molecule has 0 aliphatic heterocycles. The predicted octanol–water partition coefficient (Wildman–Crippen LogP) is 7.87. The van der Waals surface area contributed by atoms with Crippen molar-refractivity contribution in [3.8, 4) is 12.1 Å². The summed E-state index contributed by atoms with van der Waals surface area (Å²) in [6.07, 6.45) is -12.6. The predicted molar refractivity (Wildman–Crippen MR) is 140 cm³/mol. The number of amides is 2. The lowest BCUT2D eigenvalue weighted by atomic mass is 9.90. The van der Waals surface area contributed by atoms with Crippen LogP contribution in [0.1, 0.15) is 62.4 Å². The maximum Gasteiger partial charge on any atom is 0.435 e. The van der Waals surface area contributed by atoms with Crippen LogP contribution in [-0.2, 0) is 5.67 Å². The van der Waals surface area contributed by atoms with Gasteiger partial charge in [0.2, 0.25) is 0 Å². The molecule has 0 radical (unpaired) electrons. The summed E-state index contributed by atoms with van der Waals surface area (Å²) >= 11 is 0. The molecule has 3 rings (SSSR count). The molecule has 6 nitrogen and oxygen atoms in total. The van der Waals surface area contributed by atoms with Crippen LogP contribution in [0.15, 0.2) is 54.6 Å². The Hall–Kier alpha value is -4.91. The van der Waals surface area contributed by atoms with E-state index in [9.17, 15) is 45.6 Å². The average molecular weight is 593 g/mol. The van der Waals surface area contributed by atoms with Gasteiger partial charge in [-0.15, -0.1) is 0 Å². The Labute approximate surface area is 236 Å². The first-order valence-corrected chi connectivity index (χ1v) is 12.1. The highest BCUT2D eigenvalue weighted by molar-refractivity contribution is 6.08. The monoisotopic (exact) mass is 592 g/mol. The first kappa shape index (κ1) is 33.3. The van der Waals surface area contributed by atoms with Gasteiger partial charge in [-0.2, -0.15) is 36.9 Å². The molecule has 0 spiro atoms. The smallest absolute Gasteiger partial charge is 0.322 e. The number of anilines is 2. The molecule has 3 aromatic carbocycles. The molecule has 0 bridgehead atoms. The Bertz CT molecular complexity index is 1530. The highest BCUT2D eigenvalue weighted by Gasteiger charge is 2.73. The van der Waals surface area contributed by atoms with Gasteiger partial charge in [0.25, 0.3) is 11.8 Å². The second-order valence-electron chi connectivity index (χ2n) is 8.65. The number of nitrogens with one attached hydrogen (secondary N) is 2. The van der Waals surface area contributed by atoms with Crippen LogP contribution in [0.4, 0.5) is 42.1 Å². The van der Waals surface area contributed by atoms with Crippen molar-refractivity contribution >= 4 is 23.2 Å². The van der Waals surface area contributed by atoms with E-state index in [2.05, 4.69) is 10.6 Å². The molecule has 0 heterocycles. The summed E-state index contributed by atoms with van der Waals surface area (Å²) in [6, 6.07) is 13.6. The largest absolute Gasteiger partial charge is 0.435 e. The topological polar surface area (TPSA) is 106 Å². The molecular weight excluding hydrogens is 569 g/mol. The van der Waals surface area contributed by atoms with Crippen molar-refractivity contribution in [2.45, 2.75) is 45.7 Å². The number of benzene rings is 3. The fourth-order valence-electron chi connectivity index (χ4n) is 3.83. The molecule has 0 fully saturated rings. The molecule has 0 aliphatic carbocycles. The highest BCUT2D eigenvalue weighted by atomic mass is 19.4. The zero-order valence-corrected chi connectivity index (χ0v) is 22.6. The third kappa shape index (κ3) is 6.86. The maximum absolute atomic E-state index is 14.5. The highest BCUT2D eigenvalue weighted by Crippen LogP contribution is 2.53. The van der Waals surface area contributed by atoms with Crippen LogP contribution in [0.5, 0.6) is 0 Å². The minimum atomic E-state index is -6.30. The SMILES string of the molecule is CC.Cc1cc(C(F)(C(F)(F)F)C(F)(F)F)cc(C)c1NC(=O)c1cc(C#N)cc(NC(=O)c2ccc(C#N)cc2)c1. The zero-order chi connectivity index (χ0) is 32.0. The number of carbonyl (C=O) groups excluding carboxylic acids is 2. The van der Waals surface area contributed by atoms with Crippen molar-refractivity contribution in [3.05, 3.63) is 93.5 Å². The third-order valence-electron chi connectivity index (χ3n) is 5.81. The summed E-state index contributed by atoms with van der Waals surface area (Å²) in [5.41, 5.74) is -7.80. The second-order valence-corrected chi connectivity index (χ2v) is 8.65. The van der Waals surface area contributed by atoms with E-state index < -0.39 is 35.4 Å². The molecule has 42 heavy (non-hydrogen) atoms. The number of aryl methyl sites for hydroxylation is 2. The Morgan fingerprint density at radius 3 is 1.60 bits per heavy atom. The van der Waals surface area contributed by atoms with Gasteiger partial charge in [-0.05, 0) is 67.4 Å². The minimum absolute atomic E-state index is 0.0277. The Morgan fingerprint density at radius 1 is 0.667 bits per heavy atom. The lowest BCUT2D eigenvalue weighted by Crippen LogP contribution is -2.50. The standard InChI is InChI=1S/C27H17F7N4O2.C2H6/c1-14-7-20(25(28,26(29,30)31)27(32,33)34)8-15(2)22(14)38-24(40)19-9-17(13-36)10-21(11-19)37-23(39)18-5-3-16(12-35)4-6-18;1-2/h3-11H,1-2H3,(H,37,39)(H,38,40);1-2H3. The molecule has 13 heteroatoms. The third-order valence-corrected chi connectivity index (χ3v) is 5.81. The second kappa shape index (κ2) is 12.7. The van der Waals surface area contributed by atoms with Crippen LogP contribution in [0.2, 0.25) is 0 Å². The fraction of sp³-hybridized carbons (Fsp3) is 0.241. The normalized spacial score (nSPS) is 11.4. The molecule has 2 N–H and O–H groups in total. The summed E-state index contributed by atoms with van der Waals surface area (Å²) in [4.78, 5) is 25.5. The molecule has 220 valence electrons. The van der Waals surface area contributed by atoms with Gasteiger partial charge < -0.3 is 10.6 Å². The van der Waals surface area contributed by atoms with Gasteiger partial charge >= 0.3 is 18.0 Å². The molecule has 0 saturated heterocycles. The van der Waals surface area contributed by atoms with Gasteiger partial charge in [-0.25, -0.2) is 4.39 Å². The zero-order valence-electron chi connectivity index (χ0n) is 22.6. The van der Waals surface area contributed by atoms with Crippen molar-refractivity contribution < 1.29 is 40.3 Å². The van der Waals surface area contributed by atoms with Crippen LogP contribution in [0.3, 0.4) is 0 Å². The Kier molecular flexibility index (Phi) is 10.1. The number of rotatable bonds is 5. The van der Waals surface area contributed by atoms with Crippen LogP contribution in [-0.4, -0.2) is 24.2 Å². The van der Waals surface area contributed by atoms with Crippen molar-refractivity contribution in [3.63, 3.8) is 0 Å². The number of hydrogen-bond acceptors (Lipinski definition) is 4. The number of nitrogens with zero attached hydrogens (tertiary/aromatic N) is 2. The van der Waals surface area contributed by atoms with Crippen molar-refractivity contribution in [2.75, 3.05) is 10.6 Å². The van der Waals surface area contributed by atoms with Gasteiger partial charge in [0.15, 0.2) is 0 Å². The van der Waals surface area contributed by atoms with Crippen LogP contribution >= 0.6 is 0 Å². The van der Waals surface area contributed by atoms with Crippen molar-refractivity contribution in [1.82, 2.24) is 0 Å². The van der Waals surface area contributed by atoms with E-state index in [1.807, 2.05) is 26.0 Å². The van der Waals surface area contributed by atoms with E-state index in [1.54, 1.807) is 0 Å². The van der Waals surface area contributed by atoms with Crippen molar-refractivity contribution in [1.29, 1.82) is 10.5 Å². The van der Waals surface area contributed by atoms with Crippen LogP contribution in [0, 0.1) is 36.5 Å². The van der Waals surface area contributed by atoms with Crippen LogP contribution in [0.25, 0.3) is 0 Å². The van der Waals surface area contributed by atoms with E-state index in [4.69, 9.17) is 5.26 Å². The lowest BCUT2D eigenvalue weighted by molar-refractivity contribution is -0.348. The number of nitriles is 2. The quantitative estimate of drug-likeness (QED) is 0.294. The summed E-state index contributed by atoms with van der Waals surface area (Å²) < 4.78 is 93.7. The summed E-state index contributed by atoms with van der Waals surface area (Å²) in [7, 11) is 0. The minimum Gasteiger partial charge on any atom is -0.322 e. The van der Waals surface area contributed by atoms with E-state index >= 15 is 0 Å². The fourth-order valence-corrected chi connectivity index (χ4v) is 3.83. The van der Waals surface area contributed by atoms with Gasteiger partial charge in [0.05, 0.1) is 23.3 Å². The molecule has 0 atom stereocenters. The number of halogens is 7. The first-order valence-electron chi connectivity index (χ1n) is 12.1. The van der Waals surface area contributed by atoms with E-state index in [0.29, 0.717) is 17.7 Å². The number of carbonyl (C=O) groups is 2. The number of alkyl halides is 7. The lowest BCUT2D eigenvalue weighted by Gasteiger charge is -2.31. The molecular formula is C29H23F7N4O2. The molecule has 0 unspecified atom stereocenters. The first-order chi connectivity index (χ1) is 19.5. The summed E-state index contributed by atoms with van der Waals surface area (Å²) in [5, 5.41) is 23.1. The van der Waals surface area contributed by atoms with E-state index in [1.165, 1.54) is 36.4 Å². The average Bonchev–Trinajstić information content (AvgIpc) is 2.93. The number of hydrogen-bond donors (Lipinski definition) is 2.